The summed E-state index contributed by atoms with van der Waals surface area (Å²) in [4.78, 5) is 8.47. The number of hydrogen-bond donors (Lipinski definition) is 4. The number of hydrogen-bond acceptors (Lipinski definition) is 8. The summed E-state index contributed by atoms with van der Waals surface area (Å²) in [6.45, 7) is 11.2. The SMILES string of the molecule is C#Cc1cnc2c(C#N)cc(N[C@H](C3=C(F)N(CC4(C)CC4)NN3)c3ccc(F)nc3C)cc2c1NCC(C)(C)C. The van der Waals surface area contributed by atoms with Crippen molar-refractivity contribution in [2.24, 2.45) is 10.8 Å². The predicted molar refractivity (Wildman–Crippen MR) is 156 cm³/mol. The predicted octanol–water partition coefficient (Wildman–Crippen LogP) is 5.81. The Bertz CT molecular complexity index is 1620. The van der Waals surface area contributed by atoms with Crippen LogP contribution in [0.25, 0.3) is 10.9 Å². The standard InChI is InChI=1S/C31H34F2N8/c1-7-19-15-35-26-20(14-34)12-21(13-23(26)25(19)36-16-30(3,4)5)38-27(22-8-9-24(32)37-18(22)2)28-29(33)41(40-39-28)17-31(6)10-11-31/h1,8-9,12-13,15,27,38-40H,10-11,16-17H2,2-6H3,(H,35,36)/t27-/m0/s1. The van der Waals surface area contributed by atoms with Crippen LogP contribution >= 0.6 is 0 Å². The average Bonchev–Trinajstić information content (AvgIpc) is 3.55. The quantitative estimate of drug-likeness (QED) is 0.157. The number of aromatic nitrogens is 2. The maximum absolute atomic E-state index is 15.9. The van der Waals surface area contributed by atoms with Gasteiger partial charge in [0, 0.05) is 41.6 Å². The number of nitrogens with zero attached hydrogens (tertiary/aromatic N) is 4. The molecule has 2 aromatic heterocycles. The average molecular weight is 557 g/mol. The number of benzene rings is 1. The smallest absolute Gasteiger partial charge is 0.228 e. The van der Waals surface area contributed by atoms with Crippen LogP contribution in [0.1, 0.15) is 69.0 Å². The highest BCUT2D eigenvalue weighted by atomic mass is 19.1. The molecule has 5 rings (SSSR count). The highest BCUT2D eigenvalue weighted by Gasteiger charge is 2.42. The van der Waals surface area contributed by atoms with Crippen LogP contribution in [0.2, 0.25) is 0 Å². The molecule has 1 aliphatic carbocycles. The maximum atomic E-state index is 15.9. The number of nitriles is 1. The topological polar surface area (TPSA) is 101 Å². The number of rotatable bonds is 8. The van der Waals surface area contributed by atoms with Crippen LogP contribution in [0.15, 0.2) is 42.1 Å². The van der Waals surface area contributed by atoms with Crippen molar-refractivity contribution in [1.29, 1.82) is 5.26 Å². The highest BCUT2D eigenvalue weighted by molar-refractivity contribution is 5.99. The molecular formula is C31H34F2N8. The van der Waals surface area contributed by atoms with Crippen LogP contribution in [-0.2, 0) is 0 Å². The van der Waals surface area contributed by atoms with Crippen molar-refractivity contribution in [2.75, 3.05) is 23.7 Å². The van der Waals surface area contributed by atoms with E-state index in [0.717, 1.165) is 12.8 Å². The lowest BCUT2D eigenvalue weighted by molar-refractivity contribution is 0.171. The fourth-order valence-electron chi connectivity index (χ4n) is 4.87. The van der Waals surface area contributed by atoms with Crippen molar-refractivity contribution in [3.05, 3.63) is 70.4 Å². The highest BCUT2D eigenvalue weighted by Crippen LogP contribution is 2.46. The van der Waals surface area contributed by atoms with Gasteiger partial charge in [0.2, 0.25) is 11.9 Å². The van der Waals surface area contributed by atoms with Crippen LogP contribution in [0.5, 0.6) is 0 Å². The molecule has 0 saturated heterocycles. The van der Waals surface area contributed by atoms with Crippen molar-refractivity contribution in [3.8, 4) is 18.4 Å². The summed E-state index contributed by atoms with van der Waals surface area (Å²) in [6.07, 6.45) is 9.47. The molecule has 41 heavy (non-hydrogen) atoms. The summed E-state index contributed by atoms with van der Waals surface area (Å²) < 4.78 is 29.9. The largest absolute Gasteiger partial charge is 0.383 e. The van der Waals surface area contributed by atoms with Gasteiger partial charge in [-0.15, -0.1) is 12.0 Å². The Morgan fingerprint density at radius 3 is 2.61 bits per heavy atom. The second-order valence-electron chi connectivity index (χ2n) is 12.4. The van der Waals surface area contributed by atoms with Gasteiger partial charge in [0.15, 0.2) is 0 Å². The van der Waals surface area contributed by atoms with E-state index in [4.69, 9.17) is 6.42 Å². The van der Waals surface area contributed by atoms with Gasteiger partial charge in [-0.3, -0.25) is 9.99 Å². The number of hydrazine groups is 2. The molecule has 3 aromatic rings. The van der Waals surface area contributed by atoms with Gasteiger partial charge in [-0.05, 0) is 48.8 Å². The van der Waals surface area contributed by atoms with Crippen molar-refractivity contribution in [1.82, 2.24) is 25.9 Å². The van der Waals surface area contributed by atoms with E-state index < -0.39 is 17.9 Å². The summed E-state index contributed by atoms with van der Waals surface area (Å²) in [5.74, 6) is 1.59. The number of pyridine rings is 2. The number of terminal acetylenes is 1. The first-order valence-electron chi connectivity index (χ1n) is 13.6. The number of anilines is 2. The van der Waals surface area contributed by atoms with E-state index in [-0.39, 0.29) is 16.5 Å². The Kier molecular flexibility index (Phi) is 7.23. The lowest BCUT2D eigenvalue weighted by Gasteiger charge is -2.24. The summed E-state index contributed by atoms with van der Waals surface area (Å²) in [7, 11) is 0. The number of nitrogens with one attached hydrogen (secondary N) is 4. The third kappa shape index (κ3) is 5.89. The molecule has 1 fully saturated rings. The summed E-state index contributed by atoms with van der Waals surface area (Å²) in [6, 6.07) is 7.79. The molecule has 3 heterocycles. The van der Waals surface area contributed by atoms with Gasteiger partial charge >= 0.3 is 0 Å². The fraction of sp³-hybridized carbons (Fsp3) is 0.387. The molecule has 1 atom stereocenters. The van der Waals surface area contributed by atoms with Crippen LogP contribution in [0, 0.1) is 47.4 Å². The van der Waals surface area contributed by atoms with E-state index in [1.165, 1.54) is 11.1 Å². The normalized spacial score (nSPS) is 16.7. The first kappa shape index (κ1) is 28.1. The van der Waals surface area contributed by atoms with Gasteiger partial charge in [0.1, 0.15) is 11.8 Å². The van der Waals surface area contributed by atoms with E-state index in [2.05, 4.69) is 71.2 Å². The minimum Gasteiger partial charge on any atom is -0.383 e. The van der Waals surface area contributed by atoms with Crippen LogP contribution in [0.4, 0.5) is 20.2 Å². The minimum atomic E-state index is -0.786. The molecule has 212 valence electrons. The van der Waals surface area contributed by atoms with Crippen molar-refractivity contribution < 1.29 is 8.78 Å². The molecule has 1 saturated carbocycles. The first-order chi connectivity index (χ1) is 19.4. The van der Waals surface area contributed by atoms with Crippen LogP contribution in [-0.4, -0.2) is 28.1 Å². The molecule has 8 nitrogen and oxygen atoms in total. The molecule has 0 unspecified atom stereocenters. The molecule has 4 N–H and O–H groups in total. The zero-order valence-electron chi connectivity index (χ0n) is 23.9. The Morgan fingerprint density at radius 1 is 1.22 bits per heavy atom. The Hall–Kier alpha value is -4.41. The van der Waals surface area contributed by atoms with Gasteiger partial charge in [0.25, 0.3) is 0 Å². The van der Waals surface area contributed by atoms with Gasteiger partial charge in [-0.2, -0.15) is 14.0 Å². The van der Waals surface area contributed by atoms with Crippen molar-refractivity contribution in [3.63, 3.8) is 0 Å². The second-order valence-corrected chi connectivity index (χ2v) is 12.4. The Morgan fingerprint density at radius 2 is 1.98 bits per heavy atom. The molecule has 0 amide bonds. The third-order valence-electron chi connectivity index (χ3n) is 7.47. The summed E-state index contributed by atoms with van der Waals surface area (Å²) in [5.41, 5.74) is 9.76. The van der Waals surface area contributed by atoms with Gasteiger partial charge in [0.05, 0.1) is 28.4 Å². The second kappa shape index (κ2) is 10.5. The van der Waals surface area contributed by atoms with Gasteiger partial charge in [-0.1, -0.05) is 39.7 Å². The summed E-state index contributed by atoms with van der Waals surface area (Å²) >= 11 is 0. The zero-order chi connectivity index (χ0) is 29.5. The van der Waals surface area contributed by atoms with Gasteiger partial charge in [-0.25, -0.2) is 4.98 Å². The lowest BCUT2D eigenvalue weighted by Crippen LogP contribution is -2.40. The molecule has 0 radical (unpaired) electrons. The van der Waals surface area contributed by atoms with E-state index in [9.17, 15) is 9.65 Å². The molecule has 10 heteroatoms. The molecule has 0 bridgehead atoms. The third-order valence-corrected chi connectivity index (χ3v) is 7.47. The Balaban J connectivity index is 1.62. The van der Waals surface area contributed by atoms with Crippen molar-refractivity contribution in [2.45, 2.75) is 53.5 Å². The molecule has 2 aliphatic rings. The van der Waals surface area contributed by atoms with E-state index >= 15 is 4.39 Å². The van der Waals surface area contributed by atoms with E-state index in [1.807, 2.05) is 6.07 Å². The number of fused-ring (bicyclic) bond motifs is 1. The molecular weight excluding hydrogens is 522 g/mol. The maximum Gasteiger partial charge on any atom is 0.228 e. The molecule has 0 spiro atoms. The van der Waals surface area contributed by atoms with Crippen LogP contribution in [0.3, 0.4) is 0 Å². The lowest BCUT2D eigenvalue weighted by atomic mass is 9.96. The molecule has 1 aromatic carbocycles. The first-order valence-corrected chi connectivity index (χ1v) is 13.6. The number of halogens is 2. The van der Waals surface area contributed by atoms with E-state index in [0.29, 0.717) is 57.8 Å². The van der Waals surface area contributed by atoms with E-state index in [1.54, 1.807) is 25.3 Å². The number of aryl methyl sites for hydroxylation is 1. The fourth-order valence-corrected chi connectivity index (χ4v) is 4.87. The Labute approximate surface area is 239 Å². The minimum absolute atomic E-state index is 0.0395. The molecule has 1 aliphatic heterocycles. The van der Waals surface area contributed by atoms with Gasteiger partial charge < -0.3 is 16.1 Å². The monoisotopic (exact) mass is 556 g/mol. The van der Waals surface area contributed by atoms with Crippen LogP contribution < -0.4 is 21.6 Å². The zero-order valence-corrected chi connectivity index (χ0v) is 23.9. The van der Waals surface area contributed by atoms with Crippen molar-refractivity contribution >= 4 is 22.3 Å². The summed E-state index contributed by atoms with van der Waals surface area (Å²) in [5, 5.41) is 19.0.